The van der Waals surface area contributed by atoms with Crippen LogP contribution in [0.1, 0.15) is 12.8 Å². The van der Waals surface area contributed by atoms with Crippen LogP contribution in [-0.4, -0.2) is 29.6 Å². The Morgan fingerprint density at radius 2 is 1.95 bits per heavy atom. The number of aromatic nitrogens is 1. The minimum atomic E-state index is -0.177. The average molecular weight is 290 g/mol. The van der Waals surface area contributed by atoms with Crippen molar-refractivity contribution >= 4 is 17.7 Å². The number of hydrogen-bond acceptors (Lipinski definition) is 5. The van der Waals surface area contributed by atoms with Crippen LogP contribution in [0.5, 0.6) is 0 Å². The van der Waals surface area contributed by atoms with E-state index in [9.17, 15) is 10.0 Å². The van der Waals surface area contributed by atoms with Crippen molar-refractivity contribution in [3.05, 3.63) is 29.6 Å². The van der Waals surface area contributed by atoms with Crippen LogP contribution in [0.15, 0.2) is 29.4 Å². The maximum absolute atomic E-state index is 12.0. The second-order valence-electron chi connectivity index (χ2n) is 3.85. The molecule has 1 aromatic rings. The van der Waals surface area contributed by atoms with Crippen LogP contribution in [0.25, 0.3) is 0 Å². The molecule has 0 aliphatic heterocycles. The second-order valence-corrected chi connectivity index (χ2v) is 4.85. The largest absolute Gasteiger partial charge is 0.618 e. The van der Waals surface area contributed by atoms with Crippen molar-refractivity contribution in [2.24, 2.45) is 0 Å². The fraction of sp³-hybridized carbons (Fsp3) is 0.385. The molecule has 1 rings (SSSR count). The zero-order valence-electron chi connectivity index (χ0n) is 10.9. The van der Waals surface area contributed by atoms with Gasteiger partial charge in [-0.2, -0.15) is 15.3 Å². The fourth-order valence-corrected chi connectivity index (χ4v) is 2.30. The van der Waals surface area contributed by atoms with Gasteiger partial charge in [0.05, 0.1) is 30.7 Å². The van der Waals surface area contributed by atoms with E-state index >= 15 is 0 Å². The zero-order valence-corrected chi connectivity index (χ0v) is 11.7. The van der Waals surface area contributed by atoms with Crippen LogP contribution in [0.4, 0.5) is 0 Å². The molecule has 1 aromatic heterocycles. The van der Waals surface area contributed by atoms with Gasteiger partial charge in [-0.1, -0.05) is 0 Å². The number of amides is 1. The van der Waals surface area contributed by atoms with E-state index in [0.717, 1.165) is 11.8 Å². The SMILES string of the molecule is N#CCCN(CCC#N)C(=O)CSc1cccc[n+]1[O-]. The maximum Gasteiger partial charge on any atom is 0.251 e. The minimum absolute atomic E-state index is 0.114. The number of thioether (sulfide) groups is 1. The quantitative estimate of drug-likeness (QED) is 0.425. The summed E-state index contributed by atoms with van der Waals surface area (Å²) in [6, 6.07) is 8.93. The van der Waals surface area contributed by atoms with Gasteiger partial charge < -0.3 is 10.1 Å². The standard InChI is InChI=1S/C13H14N4O2S/c14-6-3-8-16(9-4-7-15)12(18)11-20-13-5-1-2-10-17(13)19/h1-2,5,10H,3-4,8-9,11H2. The number of nitriles is 2. The Hall–Kier alpha value is -2.25. The number of pyridine rings is 1. The Balaban J connectivity index is 2.55. The van der Waals surface area contributed by atoms with Gasteiger partial charge in [-0.05, 0) is 17.8 Å². The molecule has 0 aliphatic rings. The Labute approximate surface area is 121 Å². The number of carbonyl (C=O) groups excluding carboxylic acids is 1. The first-order valence-electron chi connectivity index (χ1n) is 6.01. The highest BCUT2D eigenvalue weighted by atomic mass is 32.2. The Morgan fingerprint density at radius 1 is 1.30 bits per heavy atom. The first kappa shape index (κ1) is 15.8. The average Bonchev–Trinajstić information content (AvgIpc) is 2.46. The van der Waals surface area contributed by atoms with Gasteiger partial charge >= 0.3 is 0 Å². The molecule has 0 bridgehead atoms. The van der Waals surface area contributed by atoms with Crippen molar-refractivity contribution < 1.29 is 9.52 Å². The van der Waals surface area contributed by atoms with Crippen molar-refractivity contribution in [2.75, 3.05) is 18.8 Å². The first-order valence-corrected chi connectivity index (χ1v) is 7.00. The molecular formula is C13H14N4O2S. The van der Waals surface area contributed by atoms with Crippen LogP contribution < -0.4 is 4.73 Å². The highest BCUT2D eigenvalue weighted by Gasteiger charge is 2.15. The van der Waals surface area contributed by atoms with Crippen LogP contribution in [0.2, 0.25) is 0 Å². The van der Waals surface area contributed by atoms with Crippen molar-refractivity contribution in [3.63, 3.8) is 0 Å². The summed E-state index contributed by atoms with van der Waals surface area (Å²) in [6.07, 6.45) is 1.83. The molecule has 0 spiro atoms. The van der Waals surface area contributed by atoms with E-state index in [2.05, 4.69) is 0 Å². The van der Waals surface area contributed by atoms with Crippen molar-refractivity contribution in [1.82, 2.24) is 4.90 Å². The summed E-state index contributed by atoms with van der Waals surface area (Å²) in [6.45, 7) is 0.619. The summed E-state index contributed by atoms with van der Waals surface area (Å²) in [4.78, 5) is 13.5. The van der Waals surface area contributed by atoms with Crippen molar-refractivity contribution in [2.45, 2.75) is 17.9 Å². The molecule has 0 aliphatic carbocycles. The highest BCUT2D eigenvalue weighted by Crippen LogP contribution is 2.13. The first-order chi connectivity index (χ1) is 9.69. The molecule has 0 N–H and O–H groups in total. The van der Waals surface area contributed by atoms with Gasteiger partial charge in [-0.15, -0.1) is 0 Å². The molecule has 1 amide bonds. The van der Waals surface area contributed by atoms with E-state index in [-0.39, 0.29) is 24.5 Å². The van der Waals surface area contributed by atoms with Gasteiger partial charge in [0.1, 0.15) is 0 Å². The summed E-state index contributed by atoms with van der Waals surface area (Å²) >= 11 is 1.14. The molecular weight excluding hydrogens is 276 g/mol. The third-order valence-corrected chi connectivity index (χ3v) is 3.47. The predicted molar refractivity (Wildman–Crippen MR) is 73.2 cm³/mol. The molecule has 6 nitrogen and oxygen atoms in total. The number of rotatable bonds is 7. The van der Waals surface area contributed by atoms with Gasteiger partial charge in [0, 0.05) is 25.2 Å². The van der Waals surface area contributed by atoms with E-state index in [0.29, 0.717) is 22.8 Å². The summed E-state index contributed by atoms with van der Waals surface area (Å²) in [7, 11) is 0. The van der Waals surface area contributed by atoms with E-state index < -0.39 is 0 Å². The number of carbonyl (C=O) groups is 1. The molecule has 0 saturated heterocycles. The molecule has 20 heavy (non-hydrogen) atoms. The summed E-state index contributed by atoms with van der Waals surface area (Å²) in [5, 5.41) is 29.0. The van der Waals surface area contributed by atoms with Crippen LogP contribution in [0, 0.1) is 27.9 Å². The molecule has 0 saturated carbocycles. The van der Waals surface area contributed by atoms with Crippen LogP contribution in [-0.2, 0) is 4.79 Å². The molecule has 0 unspecified atom stereocenters. The van der Waals surface area contributed by atoms with E-state index in [1.807, 2.05) is 12.1 Å². The maximum atomic E-state index is 12.0. The highest BCUT2D eigenvalue weighted by molar-refractivity contribution is 7.99. The molecule has 0 aromatic carbocycles. The van der Waals surface area contributed by atoms with Gasteiger partial charge in [0.15, 0.2) is 6.20 Å². The summed E-state index contributed by atoms with van der Waals surface area (Å²) < 4.78 is 0.701. The Bertz CT molecular complexity index is 518. The number of hydrogen-bond donors (Lipinski definition) is 0. The third-order valence-electron chi connectivity index (χ3n) is 2.47. The second kappa shape index (κ2) is 8.78. The molecule has 0 fully saturated rings. The Morgan fingerprint density at radius 3 is 2.50 bits per heavy atom. The lowest BCUT2D eigenvalue weighted by Gasteiger charge is -2.19. The monoisotopic (exact) mass is 290 g/mol. The van der Waals surface area contributed by atoms with E-state index in [4.69, 9.17) is 10.5 Å². The van der Waals surface area contributed by atoms with Gasteiger partial charge in [0.25, 0.3) is 5.03 Å². The van der Waals surface area contributed by atoms with Gasteiger partial charge in [-0.25, -0.2) is 0 Å². The normalized spacial score (nSPS) is 9.50. The predicted octanol–water partition coefficient (Wildman–Crippen LogP) is 1.07. The van der Waals surface area contributed by atoms with Gasteiger partial charge in [0.2, 0.25) is 5.91 Å². The smallest absolute Gasteiger partial charge is 0.251 e. The summed E-state index contributed by atoms with van der Waals surface area (Å²) in [5.41, 5.74) is 0. The molecule has 104 valence electrons. The van der Waals surface area contributed by atoms with Crippen LogP contribution >= 0.6 is 11.8 Å². The molecule has 0 radical (unpaired) electrons. The third kappa shape index (κ3) is 5.17. The van der Waals surface area contributed by atoms with E-state index in [1.54, 1.807) is 18.2 Å². The lowest BCUT2D eigenvalue weighted by Crippen LogP contribution is -2.35. The summed E-state index contributed by atoms with van der Waals surface area (Å²) in [5.74, 6) is -0.0623. The lowest BCUT2D eigenvalue weighted by molar-refractivity contribution is -0.645. The Kier molecular flexibility index (Phi) is 6.94. The number of nitrogens with zero attached hydrogens (tertiary/aromatic N) is 4. The molecule has 1 heterocycles. The topological polar surface area (TPSA) is 94.8 Å². The van der Waals surface area contributed by atoms with Crippen LogP contribution in [0.3, 0.4) is 0 Å². The van der Waals surface area contributed by atoms with Gasteiger partial charge in [-0.3, -0.25) is 4.79 Å². The van der Waals surface area contributed by atoms with E-state index in [1.165, 1.54) is 11.1 Å². The fourth-order valence-electron chi connectivity index (χ4n) is 1.48. The lowest BCUT2D eigenvalue weighted by atomic mass is 10.3. The molecule has 0 atom stereocenters. The van der Waals surface area contributed by atoms with Crippen molar-refractivity contribution in [3.8, 4) is 12.1 Å². The zero-order chi connectivity index (χ0) is 14.8. The molecule has 7 heteroatoms. The minimum Gasteiger partial charge on any atom is -0.618 e. The van der Waals surface area contributed by atoms with Crippen molar-refractivity contribution in [1.29, 1.82) is 10.5 Å².